The summed E-state index contributed by atoms with van der Waals surface area (Å²) in [7, 11) is 0. The van der Waals surface area contributed by atoms with E-state index >= 15 is 0 Å². The first-order chi connectivity index (χ1) is 10.1. The summed E-state index contributed by atoms with van der Waals surface area (Å²) in [6.07, 6.45) is -0.915. The minimum absolute atomic E-state index is 0.415. The van der Waals surface area contributed by atoms with Gasteiger partial charge in [0.25, 0.3) is 0 Å². The molecule has 2 aromatic rings. The minimum Gasteiger partial charge on any atom is -0.486 e. The van der Waals surface area contributed by atoms with Crippen LogP contribution in [0.5, 0.6) is 11.5 Å². The SMILES string of the molecule is OC(c1cc2c(cc1Cl)OCCO2)c1cc(Cl)ccc1Br. The van der Waals surface area contributed by atoms with Crippen molar-refractivity contribution in [3.05, 3.63) is 56.0 Å². The highest BCUT2D eigenvalue weighted by atomic mass is 79.9. The molecular formula is C15H11BrCl2O3. The molecule has 2 aromatic carbocycles. The summed E-state index contributed by atoms with van der Waals surface area (Å²) < 4.78 is 11.7. The molecule has 0 saturated carbocycles. The number of ether oxygens (including phenoxy) is 2. The maximum atomic E-state index is 10.6. The van der Waals surface area contributed by atoms with E-state index in [0.29, 0.717) is 45.9 Å². The van der Waals surface area contributed by atoms with Crippen LogP contribution in [0, 0.1) is 0 Å². The van der Waals surface area contributed by atoms with E-state index in [4.69, 9.17) is 32.7 Å². The number of benzene rings is 2. The van der Waals surface area contributed by atoms with Gasteiger partial charge in [-0.3, -0.25) is 0 Å². The Kier molecular flexibility index (Phi) is 4.31. The second-order valence-electron chi connectivity index (χ2n) is 4.59. The highest BCUT2D eigenvalue weighted by Crippen LogP contribution is 2.40. The first-order valence-corrected chi connectivity index (χ1v) is 7.83. The van der Waals surface area contributed by atoms with E-state index in [-0.39, 0.29) is 0 Å². The average Bonchev–Trinajstić information content (AvgIpc) is 2.48. The van der Waals surface area contributed by atoms with E-state index in [1.165, 1.54) is 0 Å². The van der Waals surface area contributed by atoms with Gasteiger partial charge in [0.05, 0.1) is 5.02 Å². The van der Waals surface area contributed by atoms with Gasteiger partial charge in [-0.1, -0.05) is 39.1 Å². The third kappa shape index (κ3) is 2.99. The van der Waals surface area contributed by atoms with Crippen molar-refractivity contribution < 1.29 is 14.6 Å². The van der Waals surface area contributed by atoms with Crippen LogP contribution in [0.4, 0.5) is 0 Å². The fraction of sp³-hybridized carbons (Fsp3) is 0.200. The molecule has 0 aliphatic carbocycles. The second kappa shape index (κ2) is 6.05. The number of halogens is 3. The predicted molar refractivity (Wildman–Crippen MR) is 85.7 cm³/mol. The Bertz CT molecular complexity index is 691. The third-order valence-electron chi connectivity index (χ3n) is 3.21. The van der Waals surface area contributed by atoms with Crippen LogP contribution in [0.25, 0.3) is 0 Å². The van der Waals surface area contributed by atoms with Gasteiger partial charge in [0.15, 0.2) is 11.5 Å². The van der Waals surface area contributed by atoms with Gasteiger partial charge in [0.2, 0.25) is 0 Å². The fourth-order valence-corrected chi connectivity index (χ4v) is 3.08. The smallest absolute Gasteiger partial charge is 0.162 e. The molecular weight excluding hydrogens is 379 g/mol. The van der Waals surface area contributed by atoms with Crippen LogP contribution in [0.15, 0.2) is 34.8 Å². The molecule has 110 valence electrons. The lowest BCUT2D eigenvalue weighted by Gasteiger charge is -2.22. The third-order valence-corrected chi connectivity index (χ3v) is 4.49. The number of hydrogen-bond donors (Lipinski definition) is 1. The van der Waals surface area contributed by atoms with E-state index in [0.717, 1.165) is 4.47 Å². The van der Waals surface area contributed by atoms with Crippen LogP contribution in [0.2, 0.25) is 10.0 Å². The molecule has 0 amide bonds. The maximum absolute atomic E-state index is 10.6. The van der Waals surface area contributed by atoms with E-state index in [1.54, 1.807) is 30.3 Å². The molecule has 0 saturated heterocycles. The Hall–Kier alpha value is -0.940. The summed E-state index contributed by atoms with van der Waals surface area (Å²) in [4.78, 5) is 0. The Morgan fingerprint density at radius 1 is 1.00 bits per heavy atom. The average molecular weight is 390 g/mol. The van der Waals surface area contributed by atoms with Crippen molar-refractivity contribution in [3.63, 3.8) is 0 Å². The molecule has 1 atom stereocenters. The molecule has 0 aromatic heterocycles. The summed E-state index contributed by atoms with van der Waals surface area (Å²) in [5.41, 5.74) is 1.19. The van der Waals surface area contributed by atoms with Gasteiger partial charge in [-0.2, -0.15) is 0 Å². The number of aliphatic hydroxyl groups excluding tert-OH is 1. The Morgan fingerprint density at radius 2 is 1.67 bits per heavy atom. The summed E-state index contributed by atoms with van der Waals surface area (Å²) in [6.45, 7) is 0.968. The zero-order valence-electron chi connectivity index (χ0n) is 10.8. The topological polar surface area (TPSA) is 38.7 Å². The zero-order chi connectivity index (χ0) is 15.0. The number of fused-ring (bicyclic) bond motifs is 1. The Labute approximate surface area is 140 Å². The molecule has 0 radical (unpaired) electrons. The molecule has 1 aliphatic heterocycles. The van der Waals surface area contributed by atoms with Crippen molar-refractivity contribution in [2.45, 2.75) is 6.10 Å². The molecule has 0 fully saturated rings. The lowest BCUT2D eigenvalue weighted by Crippen LogP contribution is -2.16. The van der Waals surface area contributed by atoms with E-state index in [1.807, 2.05) is 0 Å². The number of aliphatic hydroxyl groups is 1. The highest BCUT2D eigenvalue weighted by molar-refractivity contribution is 9.10. The van der Waals surface area contributed by atoms with Gasteiger partial charge in [-0.15, -0.1) is 0 Å². The molecule has 1 heterocycles. The molecule has 21 heavy (non-hydrogen) atoms. The summed E-state index contributed by atoms with van der Waals surface area (Å²) in [5, 5.41) is 11.6. The van der Waals surface area contributed by atoms with Gasteiger partial charge in [0, 0.05) is 26.7 Å². The van der Waals surface area contributed by atoms with Crippen molar-refractivity contribution in [2.24, 2.45) is 0 Å². The fourth-order valence-electron chi connectivity index (χ4n) is 2.18. The lowest BCUT2D eigenvalue weighted by atomic mass is 10.0. The van der Waals surface area contributed by atoms with Gasteiger partial charge < -0.3 is 14.6 Å². The summed E-state index contributed by atoms with van der Waals surface area (Å²) in [6, 6.07) is 8.59. The summed E-state index contributed by atoms with van der Waals surface area (Å²) in [5.74, 6) is 1.17. The van der Waals surface area contributed by atoms with Crippen LogP contribution in [-0.2, 0) is 0 Å². The molecule has 0 spiro atoms. The van der Waals surface area contributed by atoms with Crippen molar-refractivity contribution in [3.8, 4) is 11.5 Å². The van der Waals surface area contributed by atoms with E-state index < -0.39 is 6.10 Å². The zero-order valence-corrected chi connectivity index (χ0v) is 13.9. The first kappa shape index (κ1) is 15.0. The molecule has 3 rings (SSSR count). The molecule has 1 N–H and O–H groups in total. The van der Waals surface area contributed by atoms with E-state index in [9.17, 15) is 5.11 Å². The standard InChI is InChI=1S/C15H11BrCl2O3/c16-11-2-1-8(17)5-9(11)15(19)10-6-13-14(7-12(10)18)21-4-3-20-13/h1-2,5-7,15,19H,3-4H2. The number of hydrogen-bond acceptors (Lipinski definition) is 3. The molecule has 1 aliphatic rings. The normalized spacial score (nSPS) is 14.9. The quantitative estimate of drug-likeness (QED) is 0.815. The van der Waals surface area contributed by atoms with Gasteiger partial charge in [0.1, 0.15) is 19.3 Å². The molecule has 1 unspecified atom stereocenters. The Balaban J connectivity index is 2.05. The van der Waals surface area contributed by atoms with Crippen LogP contribution in [0.3, 0.4) is 0 Å². The van der Waals surface area contributed by atoms with Crippen molar-refractivity contribution in [1.29, 1.82) is 0 Å². The molecule has 0 bridgehead atoms. The van der Waals surface area contributed by atoms with Gasteiger partial charge in [-0.05, 0) is 24.3 Å². The van der Waals surface area contributed by atoms with Gasteiger partial charge >= 0.3 is 0 Å². The molecule has 6 heteroatoms. The first-order valence-electron chi connectivity index (χ1n) is 6.28. The van der Waals surface area contributed by atoms with Crippen molar-refractivity contribution in [2.75, 3.05) is 13.2 Å². The Morgan fingerprint density at radius 3 is 2.38 bits per heavy atom. The van der Waals surface area contributed by atoms with Crippen LogP contribution in [-0.4, -0.2) is 18.3 Å². The largest absolute Gasteiger partial charge is 0.486 e. The highest BCUT2D eigenvalue weighted by Gasteiger charge is 2.22. The van der Waals surface area contributed by atoms with E-state index in [2.05, 4.69) is 15.9 Å². The lowest BCUT2D eigenvalue weighted by molar-refractivity contribution is 0.169. The number of rotatable bonds is 2. The molecule has 3 nitrogen and oxygen atoms in total. The predicted octanol–water partition coefficient (Wildman–Crippen LogP) is 4.61. The minimum atomic E-state index is -0.915. The summed E-state index contributed by atoms with van der Waals surface area (Å²) >= 11 is 15.7. The van der Waals surface area contributed by atoms with Crippen molar-refractivity contribution in [1.82, 2.24) is 0 Å². The maximum Gasteiger partial charge on any atom is 0.162 e. The van der Waals surface area contributed by atoms with Crippen molar-refractivity contribution >= 4 is 39.1 Å². The van der Waals surface area contributed by atoms with Crippen LogP contribution >= 0.6 is 39.1 Å². The van der Waals surface area contributed by atoms with Gasteiger partial charge in [-0.25, -0.2) is 0 Å². The monoisotopic (exact) mass is 388 g/mol. The second-order valence-corrected chi connectivity index (χ2v) is 6.28. The van der Waals surface area contributed by atoms with Crippen LogP contribution in [0.1, 0.15) is 17.2 Å². The van der Waals surface area contributed by atoms with Crippen LogP contribution < -0.4 is 9.47 Å².